The predicted octanol–water partition coefficient (Wildman–Crippen LogP) is 2.72. The van der Waals surface area contributed by atoms with Crippen LogP contribution in [0.1, 0.15) is 23.0 Å². The summed E-state index contributed by atoms with van der Waals surface area (Å²) >= 11 is 0. The minimum absolute atomic E-state index is 0.200. The van der Waals surface area contributed by atoms with E-state index < -0.39 is 0 Å². The van der Waals surface area contributed by atoms with E-state index in [1.54, 1.807) is 4.90 Å². The normalized spacial score (nSPS) is 15.3. The molecule has 0 atom stereocenters. The van der Waals surface area contributed by atoms with Crippen molar-refractivity contribution in [3.63, 3.8) is 0 Å². The molecule has 1 aliphatic rings. The monoisotopic (exact) mass is 364 g/mol. The van der Waals surface area contributed by atoms with Crippen molar-refractivity contribution in [2.75, 3.05) is 42.9 Å². The molecule has 1 aromatic heterocycles. The molecule has 1 aliphatic heterocycles. The summed E-state index contributed by atoms with van der Waals surface area (Å²) in [6.45, 7) is 9.58. The Morgan fingerprint density at radius 1 is 1.11 bits per heavy atom. The van der Waals surface area contributed by atoms with Gasteiger partial charge in [0.25, 0.3) is 5.91 Å². The molecule has 3 aromatic rings. The van der Waals surface area contributed by atoms with E-state index in [9.17, 15) is 4.79 Å². The van der Waals surface area contributed by atoms with Crippen LogP contribution in [0.25, 0.3) is 11.0 Å². The number of aryl methyl sites for hydroxylation is 1. The van der Waals surface area contributed by atoms with Gasteiger partial charge in [-0.1, -0.05) is 30.3 Å². The number of anilines is 2. The summed E-state index contributed by atoms with van der Waals surface area (Å²) in [6, 6.07) is 15.8. The number of carbonyl (C=O) groups is 1. The molecule has 0 spiro atoms. The van der Waals surface area contributed by atoms with Gasteiger partial charge in [0.05, 0.1) is 44.1 Å². The molecule has 5 heteroatoms. The highest BCUT2D eigenvalue weighted by Gasteiger charge is 2.23. The highest BCUT2D eigenvalue weighted by molar-refractivity contribution is 6.07. The number of piperazine rings is 1. The summed E-state index contributed by atoms with van der Waals surface area (Å²) in [4.78, 5) is 16.9. The number of nitrogens with zero attached hydrogens (tertiary/aromatic N) is 1. The average molecular weight is 364 g/mol. The van der Waals surface area contributed by atoms with Crippen molar-refractivity contribution in [1.29, 1.82) is 0 Å². The maximum absolute atomic E-state index is 12.9. The molecule has 5 nitrogen and oxygen atoms in total. The number of amides is 1. The minimum Gasteiger partial charge on any atom is -0.451 e. The van der Waals surface area contributed by atoms with Gasteiger partial charge in [0.1, 0.15) is 5.58 Å². The molecule has 1 saturated heterocycles. The number of carbonyl (C=O) groups excluding carboxylic acids is 1. The summed E-state index contributed by atoms with van der Waals surface area (Å²) in [5.74, 6) is 0.181. The number of benzene rings is 2. The van der Waals surface area contributed by atoms with Gasteiger partial charge in [-0.3, -0.25) is 4.79 Å². The molecule has 0 bridgehead atoms. The first-order chi connectivity index (χ1) is 13.2. The Kier molecular flexibility index (Phi) is 4.86. The van der Waals surface area contributed by atoms with Gasteiger partial charge in [0, 0.05) is 10.9 Å². The lowest BCUT2D eigenvalue weighted by Gasteiger charge is -2.34. The molecule has 0 radical (unpaired) electrons. The topological polar surface area (TPSA) is 49.9 Å². The molecule has 1 amide bonds. The van der Waals surface area contributed by atoms with E-state index in [0.717, 1.165) is 60.6 Å². The molecule has 4 rings (SSSR count). The summed E-state index contributed by atoms with van der Waals surface area (Å²) < 4.78 is 5.82. The van der Waals surface area contributed by atoms with E-state index >= 15 is 0 Å². The average Bonchev–Trinajstić information content (AvgIpc) is 3.06. The number of hydrogen-bond donors (Lipinski definition) is 2. The van der Waals surface area contributed by atoms with Crippen LogP contribution < -0.4 is 15.1 Å². The van der Waals surface area contributed by atoms with Gasteiger partial charge in [0.15, 0.2) is 5.76 Å². The van der Waals surface area contributed by atoms with Gasteiger partial charge in [0.2, 0.25) is 0 Å². The Balaban J connectivity index is 1.57. The Morgan fingerprint density at radius 3 is 2.56 bits per heavy atom. The van der Waals surface area contributed by atoms with Crippen LogP contribution in [-0.2, 0) is 0 Å². The van der Waals surface area contributed by atoms with Crippen molar-refractivity contribution >= 4 is 28.3 Å². The smallest absolute Gasteiger partial charge is 0.291 e. The third-order valence-electron chi connectivity index (χ3n) is 5.51. The molecule has 0 saturated carbocycles. The number of likely N-dealkylation sites (N-methyl/N-ethyl adjacent to an activating group) is 1. The fourth-order valence-corrected chi connectivity index (χ4v) is 3.84. The fourth-order valence-electron chi connectivity index (χ4n) is 3.84. The van der Waals surface area contributed by atoms with Gasteiger partial charge in [-0.25, -0.2) is 0 Å². The number of nitrogens with one attached hydrogen (secondary N) is 2. The lowest BCUT2D eigenvalue weighted by atomic mass is 10.1. The van der Waals surface area contributed by atoms with Crippen molar-refractivity contribution in [3.05, 3.63) is 59.9 Å². The maximum atomic E-state index is 12.9. The molecular weight excluding hydrogens is 338 g/mol. The highest BCUT2D eigenvalue weighted by Crippen LogP contribution is 2.29. The minimum atomic E-state index is -0.200. The molecule has 0 unspecified atom stereocenters. The van der Waals surface area contributed by atoms with Crippen LogP contribution >= 0.6 is 0 Å². The first-order valence-corrected chi connectivity index (χ1v) is 9.64. The number of fused-ring (bicyclic) bond motifs is 1. The van der Waals surface area contributed by atoms with E-state index in [1.807, 2.05) is 49.4 Å². The summed E-state index contributed by atoms with van der Waals surface area (Å²) in [5.41, 5.74) is 3.53. The molecule has 1 fully saturated rings. The number of quaternary nitrogens is 1. The lowest BCUT2D eigenvalue weighted by molar-refractivity contribution is -0.898. The molecule has 140 valence electrons. The van der Waals surface area contributed by atoms with Crippen LogP contribution in [0.15, 0.2) is 52.9 Å². The molecule has 2 N–H and O–H groups in total. The predicted molar refractivity (Wildman–Crippen MR) is 109 cm³/mol. The molecule has 2 aromatic carbocycles. The van der Waals surface area contributed by atoms with Crippen molar-refractivity contribution in [1.82, 2.24) is 0 Å². The van der Waals surface area contributed by atoms with Crippen molar-refractivity contribution < 1.29 is 14.1 Å². The van der Waals surface area contributed by atoms with Crippen LogP contribution in [0.5, 0.6) is 0 Å². The number of rotatable bonds is 4. The lowest BCUT2D eigenvalue weighted by Crippen LogP contribution is -3.14. The standard InChI is InChI=1S/C22H25N3O2/c1-3-24-12-14-25(15-13-24)19-10-6-5-9-18(19)23-22(26)21-16(2)17-8-4-7-11-20(17)27-21/h4-11H,3,12-15H2,1-2H3,(H,23,26)/p+1. The zero-order valence-electron chi connectivity index (χ0n) is 15.9. The highest BCUT2D eigenvalue weighted by atomic mass is 16.3. The summed E-state index contributed by atoms with van der Waals surface area (Å²) in [5, 5.41) is 4.05. The van der Waals surface area contributed by atoms with E-state index in [-0.39, 0.29) is 5.91 Å². The number of furan rings is 1. The zero-order valence-corrected chi connectivity index (χ0v) is 15.9. The second kappa shape index (κ2) is 7.45. The Bertz CT molecular complexity index is 955. The van der Waals surface area contributed by atoms with Crippen LogP contribution in [0, 0.1) is 6.92 Å². The van der Waals surface area contributed by atoms with E-state index in [2.05, 4.69) is 23.2 Å². The third kappa shape index (κ3) is 3.43. The van der Waals surface area contributed by atoms with Gasteiger partial charge in [-0.15, -0.1) is 0 Å². The Hall–Kier alpha value is -2.79. The molecule has 0 aliphatic carbocycles. The van der Waals surface area contributed by atoms with Crippen LogP contribution in [0.4, 0.5) is 11.4 Å². The largest absolute Gasteiger partial charge is 0.451 e. The van der Waals surface area contributed by atoms with E-state index in [0.29, 0.717) is 5.76 Å². The third-order valence-corrected chi connectivity index (χ3v) is 5.51. The van der Waals surface area contributed by atoms with Gasteiger partial charge in [-0.05, 0) is 32.0 Å². The van der Waals surface area contributed by atoms with Crippen LogP contribution in [0.3, 0.4) is 0 Å². The van der Waals surface area contributed by atoms with Crippen LogP contribution in [0.2, 0.25) is 0 Å². The number of para-hydroxylation sites is 3. The fraction of sp³-hybridized carbons (Fsp3) is 0.318. The first kappa shape index (κ1) is 17.6. The molecule has 27 heavy (non-hydrogen) atoms. The number of hydrogen-bond acceptors (Lipinski definition) is 3. The molecule has 2 heterocycles. The second-order valence-electron chi connectivity index (χ2n) is 7.11. The summed E-state index contributed by atoms with van der Waals surface area (Å²) in [6.07, 6.45) is 0. The van der Waals surface area contributed by atoms with Crippen molar-refractivity contribution in [2.24, 2.45) is 0 Å². The quantitative estimate of drug-likeness (QED) is 0.748. The second-order valence-corrected chi connectivity index (χ2v) is 7.11. The first-order valence-electron chi connectivity index (χ1n) is 9.64. The van der Waals surface area contributed by atoms with E-state index in [1.165, 1.54) is 0 Å². The maximum Gasteiger partial charge on any atom is 0.291 e. The van der Waals surface area contributed by atoms with Crippen molar-refractivity contribution in [2.45, 2.75) is 13.8 Å². The van der Waals surface area contributed by atoms with Gasteiger partial charge < -0.3 is 19.5 Å². The zero-order chi connectivity index (χ0) is 18.8. The molecular formula is C22H26N3O2+. The van der Waals surface area contributed by atoms with Gasteiger partial charge >= 0.3 is 0 Å². The SMILES string of the molecule is CC[NH+]1CCN(c2ccccc2NC(=O)c2oc3ccccc3c2C)CC1. The van der Waals surface area contributed by atoms with Crippen molar-refractivity contribution in [3.8, 4) is 0 Å². The van der Waals surface area contributed by atoms with Crippen LogP contribution in [-0.4, -0.2) is 38.6 Å². The summed E-state index contributed by atoms with van der Waals surface area (Å²) in [7, 11) is 0. The van der Waals surface area contributed by atoms with Gasteiger partial charge in [-0.2, -0.15) is 0 Å². The Labute approximate surface area is 159 Å². The Morgan fingerprint density at radius 2 is 1.81 bits per heavy atom. The van der Waals surface area contributed by atoms with E-state index in [4.69, 9.17) is 4.42 Å².